The Labute approximate surface area is 132 Å². The molecule has 3 N–H and O–H groups in total. The van der Waals surface area contributed by atoms with Gasteiger partial charge < -0.3 is 15.5 Å². The summed E-state index contributed by atoms with van der Waals surface area (Å²) >= 11 is 0. The molecule has 6 heteroatoms. The molecular formula is C16H29NO5. The zero-order valence-corrected chi connectivity index (χ0v) is 13.7. The highest BCUT2D eigenvalue weighted by molar-refractivity contribution is 5.71. The molecule has 0 saturated carbocycles. The molecule has 2 atom stereocenters. The molecule has 0 aliphatic heterocycles. The Balaban J connectivity index is 0. The van der Waals surface area contributed by atoms with Crippen LogP contribution in [0.25, 0.3) is 0 Å². The summed E-state index contributed by atoms with van der Waals surface area (Å²) in [5.74, 6) is -0.00718. The average molecular weight is 315 g/mol. The number of rotatable bonds is 4. The molecule has 0 aromatic rings. The predicted molar refractivity (Wildman–Crippen MR) is 85.6 cm³/mol. The normalized spacial score (nSPS) is 21.4. The summed E-state index contributed by atoms with van der Waals surface area (Å²) in [5.41, 5.74) is 0. The molecule has 1 amide bonds. The summed E-state index contributed by atoms with van der Waals surface area (Å²) in [4.78, 5) is 28.2. The maximum atomic E-state index is 9.54. The van der Waals surface area contributed by atoms with E-state index in [0.717, 1.165) is 11.8 Å². The maximum Gasteiger partial charge on any atom is 0.322 e. The fourth-order valence-electron chi connectivity index (χ4n) is 1.63. The average Bonchev–Trinajstić information content (AvgIpc) is 2.46. The highest BCUT2D eigenvalue weighted by Gasteiger charge is 2.06. The van der Waals surface area contributed by atoms with Gasteiger partial charge in [-0.25, -0.2) is 0 Å². The first-order valence-corrected chi connectivity index (χ1v) is 7.60. The van der Waals surface area contributed by atoms with Gasteiger partial charge in [0.05, 0.1) is 0 Å². The van der Waals surface area contributed by atoms with Crippen LogP contribution in [0, 0.1) is 11.8 Å². The van der Waals surface area contributed by atoms with E-state index in [4.69, 9.17) is 10.2 Å². The van der Waals surface area contributed by atoms with E-state index in [2.05, 4.69) is 26.0 Å². The minimum absolute atomic E-state index is 0.222. The summed E-state index contributed by atoms with van der Waals surface area (Å²) in [7, 11) is 0. The second-order valence-electron chi connectivity index (χ2n) is 5.31. The first-order chi connectivity index (χ1) is 10.3. The second-order valence-corrected chi connectivity index (χ2v) is 5.31. The molecule has 6 nitrogen and oxygen atoms in total. The number of amides is 1. The topological polar surface area (TPSA) is 104 Å². The second kappa shape index (κ2) is 15.5. The lowest BCUT2D eigenvalue weighted by Gasteiger charge is -2.15. The number of hydrogen-bond acceptors (Lipinski definition) is 3. The van der Waals surface area contributed by atoms with Crippen LogP contribution in [-0.2, 0) is 14.4 Å². The largest absolute Gasteiger partial charge is 0.481 e. The third-order valence-electron chi connectivity index (χ3n) is 3.04. The Hall–Kier alpha value is -1.85. The van der Waals surface area contributed by atoms with Crippen LogP contribution in [0.2, 0.25) is 0 Å². The lowest BCUT2D eigenvalue weighted by atomic mass is 9.91. The minimum atomic E-state index is -1.04. The number of carbonyl (C=O) groups excluding carboxylic acids is 1. The van der Waals surface area contributed by atoms with Crippen molar-refractivity contribution in [1.29, 1.82) is 0 Å². The van der Waals surface area contributed by atoms with Crippen LogP contribution in [0.3, 0.4) is 0 Å². The van der Waals surface area contributed by atoms with Gasteiger partial charge in [0.15, 0.2) is 0 Å². The van der Waals surface area contributed by atoms with Crippen molar-refractivity contribution in [1.82, 2.24) is 5.32 Å². The number of nitrogens with one attached hydrogen (secondary N) is 1. The van der Waals surface area contributed by atoms with Crippen molar-refractivity contribution in [2.75, 3.05) is 6.54 Å². The highest BCUT2D eigenvalue weighted by Crippen LogP contribution is 2.20. The van der Waals surface area contributed by atoms with Gasteiger partial charge in [-0.2, -0.15) is 0 Å². The number of carbonyl (C=O) groups is 3. The van der Waals surface area contributed by atoms with Crippen LogP contribution in [0.15, 0.2) is 12.2 Å². The van der Waals surface area contributed by atoms with Gasteiger partial charge in [0.25, 0.3) is 0 Å². The summed E-state index contributed by atoms with van der Waals surface area (Å²) in [6, 6.07) is 0. The van der Waals surface area contributed by atoms with Crippen molar-refractivity contribution in [2.45, 2.75) is 52.9 Å². The quantitative estimate of drug-likeness (QED) is 0.546. The van der Waals surface area contributed by atoms with Crippen molar-refractivity contribution in [3.8, 4) is 0 Å². The molecule has 128 valence electrons. The molecule has 0 aromatic carbocycles. The molecule has 2 unspecified atom stereocenters. The lowest BCUT2D eigenvalue weighted by molar-refractivity contribution is -0.137. The first-order valence-electron chi connectivity index (χ1n) is 7.60. The number of carboxylic acids is 2. The summed E-state index contributed by atoms with van der Waals surface area (Å²) in [5, 5.41) is 17.5. The Morgan fingerprint density at radius 1 is 1.18 bits per heavy atom. The van der Waals surface area contributed by atoms with Crippen LogP contribution < -0.4 is 5.32 Å². The molecule has 1 aliphatic rings. The van der Waals surface area contributed by atoms with Crippen molar-refractivity contribution >= 4 is 18.3 Å². The molecule has 0 radical (unpaired) electrons. The van der Waals surface area contributed by atoms with Gasteiger partial charge in [-0.15, -0.1) is 0 Å². The van der Waals surface area contributed by atoms with Gasteiger partial charge in [-0.05, 0) is 31.1 Å². The first kappa shape index (κ1) is 22.4. The van der Waals surface area contributed by atoms with Crippen LogP contribution in [0.5, 0.6) is 0 Å². The smallest absolute Gasteiger partial charge is 0.322 e. The standard InChI is InChI=1S/C10H18.C3H5NO3.C3H6O2/c1-9-5-3-4-6-10(2)8-7-9;5-2-4-1-3(6)7;1-2-3(4)5/h3,5,9-10H,4,6-8H2,1-2H3;2H,1H2,(H,4,5)(H,6,7);2H2,1H3,(H,4,5)/b5-3+;;. The van der Waals surface area contributed by atoms with Crippen molar-refractivity contribution in [2.24, 2.45) is 11.8 Å². The molecule has 0 bridgehead atoms. The van der Waals surface area contributed by atoms with E-state index in [9.17, 15) is 14.4 Å². The molecular weight excluding hydrogens is 286 g/mol. The van der Waals surface area contributed by atoms with Crippen molar-refractivity contribution < 1.29 is 24.6 Å². The Morgan fingerprint density at radius 3 is 2.18 bits per heavy atom. The van der Waals surface area contributed by atoms with E-state index in [1.54, 1.807) is 6.92 Å². The van der Waals surface area contributed by atoms with Gasteiger partial charge in [-0.1, -0.05) is 39.3 Å². The van der Waals surface area contributed by atoms with Crippen LogP contribution >= 0.6 is 0 Å². The van der Waals surface area contributed by atoms with Gasteiger partial charge in [0.2, 0.25) is 6.41 Å². The zero-order valence-electron chi connectivity index (χ0n) is 13.7. The number of carboxylic acid groups (broad SMARTS) is 2. The lowest BCUT2D eigenvalue weighted by Crippen LogP contribution is -2.20. The van der Waals surface area contributed by atoms with Gasteiger partial charge in [0, 0.05) is 6.42 Å². The molecule has 0 aromatic heterocycles. The summed E-state index contributed by atoms with van der Waals surface area (Å²) < 4.78 is 0. The molecule has 0 heterocycles. The predicted octanol–water partition coefficient (Wildman–Crippen LogP) is 2.69. The molecule has 0 saturated heterocycles. The van der Waals surface area contributed by atoms with Crippen molar-refractivity contribution in [3.05, 3.63) is 12.2 Å². The fraction of sp³-hybridized carbons (Fsp3) is 0.688. The van der Waals surface area contributed by atoms with Crippen LogP contribution in [-0.4, -0.2) is 35.1 Å². The number of aliphatic carboxylic acids is 2. The maximum absolute atomic E-state index is 9.54. The van der Waals surface area contributed by atoms with E-state index >= 15 is 0 Å². The van der Waals surface area contributed by atoms with Crippen molar-refractivity contribution in [3.63, 3.8) is 0 Å². The minimum Gasteiger partial charge on any atom is -0.481 e. The molecule has 0 fully saturated rings. The van der Waals surface area contributed by atoms with E-state index in [1.807, 2.05) is 5.32 Å². The van der Waals surface area contributed by atoms with E-state index in [-0.39, 0.29) is 13.0 Å². The van der Waals surface area contributed by atoms with Gasteiger partial charge >= 0.3 is 11.9 Å². The van der Waals surface area contributed by atoms with E-state index in [0.29, 0.717) is 6.41 Å². The third-order valence-corrected chi connectivity index (χ3v) is 3.04. The number of allylic oxidation sites excluding steroid dienone is 2. The number of hydrogen-bond donors (Lipinski definition) is 3. The van der Waals surface area contributed by atoms with Crippen LogP contribution in [0.1, 0.15) is 52.9 Å². The van der Waals surface area contributed by atoms with E-state index in [1.165, 1.54) is 25.7 Å². The third kappa shape index (κ3) is 20.5. The molecule has 1 rings (SSSR count). The Bertz CT molecular complexity index is 341. The van der Waals surface area contributed by atoms with Crippen LogP contribution in [0.4, 0.5) is 0 Å². The van der Waals surface area contributed by atoms with Gasteiger partial charge in [0.1, 0.15) is 6.54 Å². The fourth-order valence-corrected chi connectivity index (χ4v) is 1.63. The Kier molecular flexibility index (Phi) is 15.8. The monoisotopic (exact) mass is 315 g/mol. The van der Waals surface area contributed by atoms with Gasteiger partial charge in [-0.3, -0.25) is 14.4 Å². The summed E-state index contributed by atoms with van der Waals surface area (Å²) in [6.45, 7) is 5.98. The zero-order chi connectivity index (χ0) is 17.4. The molecule has 1 aliphatic carbocycles. The molecule has 22 heavy (non-hydrogen) atoms. The highest BCUT2D eigenvalue weighted by atomic mass is 16.4. The van der Waals surface area contributed by atoms with E-state index < -0.39 is 11.9 Å². The Morgan fingerprint density at radius 2 is 1.77 bits per heavy atom. The molecule has 0 spiro atoms. The SMILES string of the molecule is CC1/C=C/CCC(C)CC1.CCC(=O)O.O=CNCC(=O)O. The summed E-state index contributed by atoms with van der Waals surface area (Å²) in [6.07, 6.45) is 10.8.